The Kier molecular flexibility index (Phi) is 5.39. The van der Waals surface area contributed by atoms with E-state index in [0.29, 0.717) is 12.3 Å². The number of aryl methyl sites for hydroxylation is 1. The quantitative estimate of drug-likeness (QED) is 0.878. The summed E-state index contributed by atoms with van der Waals surface area (Å²) in [4.78, 5) is 15.0. The van der Waals surface area contributed by atoms with Crippen LogP contribution in [0.5, 0.6) is 0 Å². The summed E-state index contributed by atoms with van der Waals surface area (Å²) in [5.74, 6) is -0.542. The van der Waals surface area contributed by atoms with Gasteiger partial charge in [0.1, 0.15) is 22.8 Å². The Morgan fingerprint density at radius 3 is 2.84 bits per heavy atom. The van der Waals surface area contributed by atoms with Crippen LogP contribution in [0.2, 0.25) is 5.02 Å². The van der Waals surface area contributed by atoms with Crippen LogP contribution in [-0.2, 0) is 0 Å². The van der Waals surface area contributed by atoms with Gasteiger partial charge in [0, 0.05) is 12.6 Å². The molecular formula is C18H21ClFN3O2. The van der Waals surface area contributed by atoms with Crippen molar-refractivity contribution in [2.75, 3.05) is 19.6 Å². The van der Waals surface area contributed by atoms with Gasteiger partial charge in [-0.2, -0.15) is 0 Å². The number of carbonyl (C=O) groups excluding carboxylic acids is 1. The van der Waals surface area contributed by atoms with Crippen molar-refractivity contribution in [1.82, 2.24) is 15.4 Å². The third-order valence-electron chi connectivity index (χ3n) is 4.61. The second-order valence-corrected chi connectivity index (χ2v) is 6.77. The Balaban J connectivity index is 1.80. The van der Waals surface area contributed by atoms with Gasteiger partial charge in [0.25, 0.3) is 5.91 Å². The van der Waals surface area contributed by atoms with Crippen LogP contribution < -0.4 is 5.32 Å². The number of hydrogen-bond donors (Lipinski definition) is 1. The molecule has 1 aromatic heterocycles. The maximum atomic E-state index is 14.2. The Labute approximate surface area is 151 Å². The molecule has 1 aromatic carbocycles. The van der Waals surface area contributed by atoms with Gasteiger partial charge in [-0.15, -0.1) is 0 Å². The molecule has 0 aliphatic carbocycles. The van der Waals surface area contributed by atoms with Crippen LogP contribution in [0.25, 0.3) is 11.3 Å². The molecule has 0 spiro atoms. The van der Waals surface area contributed by atoms with Crippen LogP contribution >= 0.6 is 11.6 Å². The molecule has 0 radical (unpaired) electrons. The minimum absolute atomic E-state index is 0.0822. The molecule has 1 fully saturated rings. The molecule has 5 nitrogen and oxygen atoms in total. The van der Waals surface area contributed by atoms with Crippen molar-refractivity contribution < 1.29 is 13.7 Å². The fourth-order valence-electron chi connectivity index (χ4n) is 3.17. The van der Waals surface area contributed by atoms with Crippen molar-refractivity contribution in [1.29, 1.82) is 0 Å². The molecule has 1 unspecified atom stereocenters. The van der Waals surface area contributed by atoms with Crippen LogP contribution in [0, 0.1) is 12.7 Å². The summed E-state index contributed by atoms with van der Waals surface area (Å²) in [7, 11) is 0. The van der Waals surface area contributed by atoms with Crippen LogP contribution in [0.4, 0.5) is 4.39 Å². The highest BCUT2D eigenvalue weighted by molar-refractivity contribution is 6.33. The average Bonchev–Trinajstić information content (AvgIpc) is 3.22. The number of carbonyl (C=O) groups is 1. The number of likely N-dealkylation sites (tertiary alicyclic amines) is 1. The zero-order valence-corrected chi connectivity index (χ0v) is 15.1. The number of rotatable bonds is 5. The highest BCUT2D eigenvalue weighted by Crippen LogP contribution is 2.33. The first-order valence-corrected chi connectivity index (χ1v) is 8.79. The third-order valence-corrected chi connectivity index (χ3v) is 4.93. The van der Waals surface area contributed by atoms with Crippen molar-refractivity contribution in [3.63, 3.8) is 0 Å². The van der Waals surface area contributed by atoms with E-state index in [2.05, 4.69) is 22.3 Å². The number of halogens is 2. The van der Waals surface area contributed by atoms with E-state index in [1.165, 1.54) is 25.0 Å². The Hall–Kier alpha value is -1.92. The second kappa shape index (κ2) is 7.54. The molecule has 1 aliphatic heterocycles. The third kappa shape index (κ3) is 3.70. The smallest absolute Gasteiger partial charge is 0.257 e. The number of amides is 1. The predicted octanol–water partition coefficient (Wildman–Crippen LogP) is 3.66. The molecular weight excluding hydrogens is 345 g/mol. The monoisotopic (exact) mass is 365 g/mol. The first-order chi connectivity index (χ1) is 12.0. The van der Waals surface area contributed by atoms with Crippen molar-refractivity contribution >= 4 is 17.5 Å². The lowest BCUT2D eigenvalue weighted by Gasteiger charge is -2.23. The maximum Gasteiger partial charge on any atom is 0.257 e. The molecule has 0 bridgehead atoms. The lowest BCUT2D eigenvalue weighted by molar-refractivity contribution is 0.0939. The number of nitrogens with zero attached hydrogens (tertiary/aromatic N) is 2. The molecule has 1 N–H and O–H groups in total. The Morgan fingerprint density at radius 2 is 2.16 bits per heavy atom. The topological polar surface area (TPSA) is 58.4 Å². The second-order valence-electron chi connectivity index (χ2n) is 6.36. The number of aromatic nitrogens is 1. The van der Waals surface area contributed by atoms with E-state index in [9.17, 15) is 9.18 Å². The van der Waals surface area contributed by atoms with Gasteiger partial charge in [0.2, 0.25) is 0 Å². The van der Waals surface area contributed by atoms with Crippen molar-refractivity contribution in [3.05, 3.63) is 40.4 Å². The fraction of sp³-hybridized carbons (Fsp3) is 0.444. The van der Waals surface area contributed by atoms with E-state index in [1.54, 1.807) is 13.0 Å². The highest BCUT2D eigenvalue weighted by Gasteiger charge is 2.26. The van der Waals surface area contributed by atoms with Crippen molar-refractivity contribution in [3.8, 4) is 11.3 Å². The normalized spacial score (nSPS) is 16.2. The van der Waals surface area contributed by atoms with E-state index < -0.39 is 5.82 Å². The fourth-order valence-corrected chi connectivity index (χ4v) is 3.43. The first kappa shape index (κ1) is 17.9. The SMILES string of the molecule is Cc1onc(-c2c(F)cccc2Cl)c1C(=O)NCC(C)N1CCCC1. The molecule has 25 heavy (non-hydrogen) atoms. The van der Waals surface area contributed by atoms with Crippen molar-refractivity contribution in [2.24, 2.45) is 0 Å². The molecule has 0 saturated carbocycles. The van der Waals surface area contributed by atoms with E-state index in [0.717, 1.165) is 13.1 Å². The molecule has 1 aliphatic rings. The van der Waals surface area contributed by atoms with Gasteiger partial charge in [0.05, 0.1) is 10.6 Å². The number of nitrogens with one attached hydrogen (secondary N) is 1. The summed E-state index contributed by atoms with van der Waals surface area (Å²) in [6.07, 6.45) is 2.39. The maximum absolute atomic E-state index is 14.2. The molecule has 7 heteroatoms. The van der Waals surface area contributed by atoms with Gasteiger partial charge in [-0.05, 0) is 51.9 Å². The summed E-state index contributed by atoms with van der Waals surface area (Å²) >= 11 is 6.10. The van der Waals surface area contributed by atoms with E-state index in [-0.39, 0.29) is 33.8 Å². The van der Waals surface area contributed by atoms with Gasteiger partial charge >= 0.3 is 0 Å². The van der Waals surface area contributed by atoms with E-state index in [4.69, 9.17) is 16.1 Å². The first-order valence-electron chi connectivity index (χ1n) is 8.42. The van der Waals surface area contributed by atoms with Gasteiger partial charge in [0.15, 0.2) is 0 Å². The van der Waals surface area contributed by atoms with Crippen molar-refractivity contribution in [2.45, 2.75) is 32.7 Å². The molecule has 3 rings (SSSR count). The number of benzene rings is 1. The standard InChI is InChI=1S/C18H21ClFN3O2/c1-11(23-8-3-4-9-23)10-21-18(24)15-12(2)25-22-17(15)16-13(19)6-5-7-14(16)20/h5-7,11H,3-4,8-10H2,1-2H3,(H,21,24). The highest BCUT2D eigenvalue weighted by atomic mass is 35.5. The summed E-state index contributed by atoms with van der Waals surface area (Å²) in [5.41, 5.74) is 0.436. The summed E-state index contributed by atoms with van der Waals surface area (Å²) in [5, 5.41) is 6.96. The minimum Gasteiger partial charge on any atom is -0.360 e. The molecule has 1 saturated heterocycles. The molecule has 1 amide bonds. The van der Waals surface area contributed by atoms with Crippen LogP contribution in [0.1, 0.15) is 35.9 Å². The largest absolute Gasteiger partial charge is 0.360 e. The summed E-state index contributed by atoms with van der Waals surface area (Å²) in [6, 6.07) is 4.59. The zero-order chi connectivity index (χ0) is 18.0. The molecule has 2 aromatic rings. The molecule has 2 heterocycles. The van der Waals surface area contributed by atoms with Gasteiger partial charge in [-0.1, -0.05) is 22.8 Å². The molecule has 134 valence electrons. The minimum atomic E-state index is -0.541. The Bertz CT molecular complexity index is 751. The van der Waals surface area contributed by atoms with Gasteiger partial charge in [-0.25, -0.2) is 4.39 Å². The summed E-state index contributed by atoms with van der Waals surface area (Å²) in [6.45, 7) is 6.33. The van der Waals surface area contributed by atoms with Gasteiger partial charge < -0.3 is 9.84 Å². The zero-order valence-electron chi connectivity index (χ0n) is 14.3. The lowest BCUT2D eigenvalue weighted by atomic mass is 10.0. The van der Waals surface area contributed by atoms with Crippen LogP contribution in [0.3, 0.4) is 0 Å². The van der Waals surface area contributed by atoms with Crippen LogP contribution in [-0.4, -0.2) is 41.6 Å². The van der Waals surface area contributed by atoms with Crippen LogP contribution in [0.15, 0.2) is 22.7 Å². The average molecular weight is 366 g/mol. The van der Waals surface area contributed by atoms with Gasteiger partial charge in [-0.3, -0.25) is 9.69 Å². The van der Waals surface area contributed by atoms with E-state index in [1.807, 2.05) is 0 Å². The Morgan fingerprint density at radius 1 is 1.44 bits per heavy atom. The molecule has 1 atom stereocenters. The predicted molar refractivity (Wildman–Crippen MR) is 94.2 cm³/mol. The summed E-state index contributed by atoms with van der Waals surface area (Å²) < 4.78 is 19.3. The van der Waals surface area contributed by atoms with E-state index >= 15 is 0 Å². The lowest BCUT2D eigenvalue weighted by Crippen LogP contribution is -2.40. The number of hydrogen-bond acceptors (Lipinski definition) is 4.